The van der Waals surface area contributed by atoms with Gasteiger partial charge in [0.25, 0.3) is 0 Å². The molecule has 0 bridgehead atoms. The van der Waals surface area contributed by atoms with Crippen LogP contribution in [0.5, 0.6) is 5.75 Å². The molecule has 1 aromatic rings. The summed E-state index contributed by atoms with van der Waals surface area (Å²) in [5, 5.41) is 10.6. The molecule has 2 rings (SSSR count). The Bertz CT molecular complexity index is 433. The third-order valence-electron chi connectivity index (χ3n) is 4.34. The average Bonchev–Trinajstić information content (AvgIpc) is 2.64. The third-order valence-corrected chi connectivity index (χ3v) is 4.34. The van der Waals surface area contributed by atoms with E-state index in [0.717, 1.165) is 23.4 Å². The maximum absolute atomic E-state index is 10.6. The van der Waals surface area contributed by atoms with Crippen LogP contribution in [0.2, 0.25) is 0 Å². The van der Waals surface area contributed by atoms with Crippen molar-refractivity contribution in [2.45, 2.75) is 51.7 Å². The number of aliphatic hydroxyl groups is 1. The number of methoxy groups -OCH3 is 1. The standard InChI is InChI=1S/C17H27NO2/c1-13-8-9-17(20-3)15(11-13)16(19)12-18-10-6-4-5-7-14(18)2/h8-9,11,14,16,19H,4-7,10,12H2,1-3H3. The molecule has 0 aliphatic carbocycles. The van der Waals surface area contributed by atoms with E-state index in [0.29, 0.717) is 12.6 Å². The highest BCUT2D eigenvalue weighted by atomic mass is 16.5. The number of aliphatic hydroxyl groups excluding tert-OH is 1. The summed E-state index contributed by atoms with van der Waals surface area (Å²) in [5.41, 5.74) is 2.06. The fourth-order valence-corrected chi connectivity index (χ4v) is 3.04. The van der Waals surface area contributed by atoms with Gasteiger partial charge in [0.15, 0.2) is 0 Å². The lowest BCUT2D eigenvalue weighted by molar-refractivity contribution is 0.0910. The highest BCUT2D eigenvalue weighted by molar-refractivity contribution is 5.38. The molecule has 1 aliphatic heterocycles. The molecule has 20 heavy (non-hydrogen) atoms. The van der Waals surface area contributed by atoms with Gasteiger partial charge >= 0.3 is 0 Å². The highest BCUT2D eigenvalue weighted by Crippen LogP contribution is 2.28. The second kappa shape index (κ2) is 7.09. The summed E-state index contributed by atoms with van der Waals surface area (Å²) in [6.45, 7) is 6.10. The van der Waals surface area contributed by atoms with Crippen molar-refractivity contribution in [2.75, 3.05) is 20.2 Å². The van der Waals surface area contributed by atoms with Crippen LogP contribution in [0.25, 0.3) is 0 Å². The minimum Gasteiger partial charge on any atom is -0.496 e. The number of likely N-dealkylation sites (tertiary alicyclic amines) is 1. The molecule has 2 unspecified atom stereocenters. The van der Waals surface area contributed by atoms with Gasteiger partial charge in [-0.2, -0.15) is 0 Å². The molecule has 0 spiro atoms. The zero-order valence-corrected chi connectivity index (χ0v) is 12.9. The molecule has 1 aliphatic rings. The van der Waals surface area contributed by atoms with Crippen molar-refractivity contribution in [3.05, 3.63) is 29.3 Å². The predicted octanol–water partition coefficient (Wildman–Crippen LogP) is 3.30. The second-order valence-electron chi connectivity index (χ2n) is 5.95. The Hall–Kier alpha value is -1.06. The fourth-order valence-electron chi connectivity index (χ4n) is 3.04. The number of hydrogen-bond acceptors (Lipinski definition) is 3. The van der Waals surface area contributed by atoms with E-state index < -0.39 is 6.10 Å². The first-order valence-corrected chi connectivity index (χ1v) is 7.68. The average molecular weight is 277 g/mol. The Morgan fingerprint density at radius 1 is 1.35 bits per heavy atom. The first-order valence-electron chi connectivity index (χ1n) is 7.68. The van der Waals surface area contributed by atoms with Crippen molar-refractivity contribution in [3.8, 4) is 5.75 Å². The number of nitrogens with zero attached hydrogens (tertiary/aromatic N) is 1. The van der Waals surface area contributed by atoms with Crippen LogP contribution in [-0.4, -0.2) is 36.2 Å². The lowest BCUT2D eigenvalue weighted by atomic mass is 10.0. The summed E-state index contributed by atoms with van der Waals surface area (Å²) >= 11 is 0. The van der Waals surface area contributed by atoms with Crippen LogP contribution in [0.1, 0.15) is 49.8 Å². The molecular formula is C17H27NO2. The SMILES string of the molecule is COc1ccc(C)cc1C(O)CN1CCCCCC1C. The molecule has 1 aromatic carbocycles. The summed E-state index contributed by atoms with van der Waals surface area (Å²) in [5.74, 6) is 0.783. The Kier molecular flexibility index (Phi) is 5.44. The van der Waals surface area contributed by atoms with E-state index in [1.165, 1.54) is 25.7 Å². The third kappa shape index (κ3) is 3.74. The minimum absolute atomic E-state index is 0.481. The van der Waals surface area contributed by atoms with Gasteiger partial charge in [0, 0.05) is 18.2 Å². The monoisotopic (exact) mass is 277 g/mol. The smallest absolute Gasteiger partial charge is 0.124 e. The second-order valence-corrected chi connectivity index (χ2v) is 5.95. The van der Waals surface area contributed by atoms with Crippen LogP contribution in [0.15, 0.2) is 18.2 Å². The predicted molar refractivity (Wildman–Crippen MR) is 82.2 cm³/mol. The maximum atomic E-state index is 10.6. The molecule has 1 N–H and O–H groups in total. The van der Waals surface area contributed by atoms with E-state index in [1.807, 2.05) is 25.1 Å². The summed E-state index contributed by atoms with van der Waals surface area (Å²) < 4.78 is 5.38. The topological polar surface area (TPSA) is 32.7 Å². The van der Waals surface area contributed by atoms with E-state index in [4.69, 9.17) is 4.74 Å². The maximum Gasteiger partial charge on any atom is 0.124 e. The van der Waals surface area contributed by atoms with E-state index in [-0.39, 0.29) is 0 Å². The van der Waals surface area contributed by atoms with Crippen molar-refractivity contribution in [3.63, 3.8) is 0 Å². The number of hydrogen-bond donors (Lipinski definition) is 1. The Labute approximate surface area is 122 Å². The number of β-amino-alcohol motifs (C(OH)–C–C–N with tert-alkyl or cyclic N) is 1. The van der Waals surface area contributed by atoms with Gasteiger partial charge in [-0.05, 0) is 45.4 Å². The Balaban J connectivity index is 2.10. The molecule has 3 nitrogen and oxygen atoms in total. The van der Waals surface area contributed by atoms with Gasteiger partial charge in [-0.3, -0.25) is 4.90 Å². The molecule has 0 saturated carbocycles. The van der Waals surface area contributed by atoms with Gasteiger partial charge in [-0.1, -0.05) is 24.5 Å². The van der Waals surface area contributed by atoms with Gasteiger partial charge in [0.05, 0.1) is 13.2 Å². The fraction of sp³-hybridized carbons (Fsp3) is 0.647. The molecule has 3 heteroatoms. The van der Waals surface area contributed by atoms with Crippen LogP contribution < -0.4 is 4.74 Å². The number of benzene rings is 1. The molecule has 1 fully saturated rings. The zero-order chi connectivity index (χ0) is 14.5. The first kappa shape index (κ1) is 15.3. The summed E-state index contributed by atoms with van der Waals surface area (Å²) in [6.07, 6.45) is 4.61. The van der Waals surface area contributed by atoms with E-state index in [9.17, 15) is 5.11 Å². The van der Waals surface area contributed by atoms with Crippen LogP contribution in [0.4, 0.5) is 0 Å². The number of rotatable bonds is 4. The summed E-state index contributed by atoms with van der Waals surface area (Å²) in [6, 6.07) is 6.55. The quantitative estimate of drug-likeness (QED) is 0.916. The van der Waals surface area contributed by atoms with Gasteiger partial charge in [0.1, 0.15) is 5.75 Å². The normalized spacial score (nSPS) is 22.3. The van der Waals surface area contributed by atoms with E-state index in [1.54, 1.807) is 7.11 Å². The number of aryl methyl sites for hydroxylation is 1. The lowest BCUT2D eigenvalue weighted by Gasteiger charge is -2.29. The molecule has 1 heterocycles. The van der Waals surface area contributed by atoms with Crippen molar-refractivity contribution in [1.82, 2.24) is 4.90 Å². The van der Waals surface area contributed by atoms with Gasteiger partial charge in [-0.25, -0.2) is 0 Å². The Morgan fingerprint density at radius 2 is 2.15 bits per heavy atom. The zero-order valence-electron chi connectivity index (χ0n) is 12.9. The first-order chi connectivity index (χ1) is 9.61. The highest BCUT2D eigenvalue weighted by Gasteiger charge is 2.22. The molecule has 2 atom stereocenters. The van der Waals surface area contributed by atoms with Gasteiger partial charge in [-0.15, -0.1) is 0 Å². The number of ether oxygens (including phenoxy) is 1. The summed E-state index contributed by atoms with van der Waals surface area (Å²) in [7, 11) is 1.66. The van der Waals surface area contributed by atoms with Crippen molar-refractivity contribution in [1.29, 1.82) is 0 Å². The van der Waals surface area contributed by atoms with Crippen molar-refractivity contribution >= 4 is 0 Å². The van der Waals surface area contributed by atoms with Crippen LogP contribution in [-0.2, 0) is 0 Å². The van der Waals surface area contributed by atoms with E-state index in [2.05, 4.69) is 11.8 Å². The molecule has 112 valence electrons. The van der Waals surface area contributed by atoms with Gasteiger partial charge < -0.3 is 9.84 Å². The van der Waals surface area contributed by atoms with E-state index >= 15 is 0 Å². The molecule has 1 saturated heterocycles. The van der Waals surface area contributed by atoms with Crippen molar-refractivity contribution < 1.29 is 9.84 Å². The van der Waals surface area contributed by atoms with Crippen LogP contribution in [0, 0.1) is 6.92 Å². The lowest BCUT2D eigenvalue weighted by Crippen LogP contribution is -2.36. The molecule has 0 amide bonds. The van der Waals surface area contributed by atoms with Crippen LogP contribution in [0.3, 0.4) is 0 Å². The van der Waals surface area contributed by atoms with Crippen LogP contribution >= 0.6 is 0 Å². The van der Waals surface area contributed by atoms with Crippen molar-refractivity contribution in [2.24, 2.45) is 0 Å². The largest absolute Gasteiger partial charge is 0.496 e. The molecule has 0 aromatic heterocycles. The molecule has 0 radical (unpaired) electrons. The summed E-state index contributed by atoms with van der Waals surface area (Å²) in [4.78, 5) is 2.42. The minimum atomic E-state index is -0.481. The molecular weight excluding hydrogens is 250 g/mol. The Morgan fingerprint density at radius 3 is 2.90 bits per heavy atom. The van der Waals surface area contributed by atoms with Gasteiger partial charge in [0.2, 0.25) is 0 Å².